The molecule has 1 aliphatic rings. The zero-order valence-corrected chi connectivity index (χ0v) is 13.9. The SMILES string of the molecule is Cc1nccn1CCCCNC(=O)N[C@@H]1CCC[C@H](C(F)(F)F)C1. The molecule has 1 heterocycles. The maximum Gasteiger partial charge on any atom is 0.391 e. The van der Waals surface area contributed by atoms with Crippen LogP contribution < -0.4 is 10.6 Å². The van der Waals surface area contributed by atoms with Gasteiger partial charge in [0.25, 0.3) is 0 Å². The number of imidazole rings is 1. The van der Waals surface area contributed by atoms with Crippen LogP contribution in [0.4, 0.5) is 18.0 Å². The Morgan fingerprint density at radius 1 is 1.38 bits per heavy atom. The van der Waals surface area contributed by atoms with Gasteiger partial charge < -0.3 is 15.2 Å². The smallest absolute Gasteiger partial charge is 0.338 e. The normalized spacial score (nSPS) is 21.5. The molecule has 5 nitrogen and oxygen atoms in total. The van der Waals surface area contributed by atoms with Crippen LogP contribution in [0.3, 0.4) is 0 Å². The number of urea groups is 1. The van der Waals surface area contributed by atoms with Gasteiger partial charge in [-0.3, -0.25) is 0 Å². The molecule has 0 bridgehead atoms. The van der Waals surface area contributed by atoms with Crippen LogP contribution in [0.25, 0.3) is 0 Å². The van der Waals surface area contributed by atoms with Crippen molar-refractivity contribution in [3.63, 3.8) is 0 Å². The molecular weight excluding hydrogens is 321 g/mol. The first-order chi connectivity index (χ1) is 11.4. The number of aromatic nitrogens is 2. The predicted molar refractivity (Wildman–Crippen MR) is 84.5 cm³/mol. The summed E-state index contributed by atoms with van der Waals surface area (Å²) in [6, 6.07) is -0.763. The van der Waals surface area contributed by atoms with Gasteiger partial charge >= 0.3 is 12.2 Å². The molecule has 1 saturated carbocycles. The summed E-state index contributed by atoms with van der Waals surface area (Å²) in [5.74, 6) is -0.341. The zero-order valence-electron chi connectivity index (χ0n) is 13.9. The minimum absolute atomic E-state index is 0.0170. The van der Waals surface area contributed by atoms with Gasteiger partial charge in [0, 0.05) is 31.5 Å². The summed E-state index contributed by atoms with van der Waals surface area (Å²) in [6.07, 6.45) is 2.46. The van der Waals surface area contributed by atoms with E-state index in [4.69, 9.17) is 0 Å². The molecule has 8 heteroatoms. The Bertz CT molecular complexity index is 530. The van der Waals surface area contributed by atoms with E-state index in [0.717, 1.165) is 25.2 Å². The van der Waals surface area contributed by atoms with Crippen molar-refractivity contribution in [2.24, 2.45) is 5.92 Å². The lowest BCUT2D eigenvalue weighted by Gasteiger charge is -2.31. The van der Waals surface area contributed by atoms with E-state index in [1.807, 2.05) is 17.7 Å². The fourth-order valence-corrected chi connectivity index (χ4v) is 3.10. The highest BCUT2D eigenvalue weighted by Gasteiger charge is 2.42. The predicted octanol–water partition coefficient (Wildman–Crippen LogP) is 3.39. The van der Waals surface area contributed by atoms with Crippen LogP contribution >= 0.6 is 0 Å². The van der Waals surface area contributed by atoms with Gasteiger partial charge in [0.15, 0.2) is 0 Å². The maximum absolute atomic E-state index is 12.7. The molecule has 1 fully saturated rings. The Morgan fingerprint density at radius 3 is 2.83 bits per heavy atom. The molecule has 0 saturated heterocycles. The lowest BCUT2D eigenvalue weighted by molar-refractivity contribution is -0.183. The number of unbranched alkanes of at least 4 members (excludes halogenated alkanes) is 1. The first-order valence-corrected chi connectivity index (χ1v) is 8.45. The molecule has 24 heavy (non-hydrogen) atoms. The Hall–Kier alpha value is -1.73. The van der Waals surface area contributed by atoms with Crippen LogP contribution in [0, 0.1) is 12.8 Å². The van der Waals surface area contributed by atoms with Crippen molar-refractivity contribution in [3.05, 3.63) is 18.2 Å². The molecule has 2 amide bonds. The van der Waals surface area contributed by atoms with Crippen molar-refractivity contribution in [2.45, 2.75) is 64.2 Å². The molecule has 136 valence electrons. The highest BCUT2D eigenvalue weighted by atomic mass is 19.4. The van der Waals surface area contributed by atoms with Crippen LogP contribution in [-0.2, 0) is 6.54 Å². The third-order valence-electron chi connectivity index (χ3n) is 4.51. The number of hydrogen-bond acceptors (Lipinski definition) is 2. The van der Waals surface area contributed by atoms with Crippen molar-refractivity contribution < 1.29 is 18.0 Å². The molecular formula is C16H25F3N4O. The molecule has 0 radical (unpaired) electrons. The van der Waals surface area contributed by atoms with Crippen molar-refractivity contribution >= 4 is 6.03 Å². The first-order valence-electron chi connectivity index (χ1n) is 8.45. The largest absolute Gasteiger partial charge is 0.391 e. The molecule has 2 rings (SSSR count). The van der Waals surface area contributed by atoms with E-state index in [9.17, 15) is 18.0 Å². The van der Waals surface area contributed by atoms with Crippen molar-refractivity contribution in [3.8, 4) is 0 Å². The number of aryl methyl sites for hydroxylation is 2. The molecule has 0 aromatic carbocycles. The van der Waals surface area contributed by atoms with Gasteiger partial charge in [-0.15, -0.1) is 0 Å². The Balaban J connectivity index is 1.60. The highest BCUT2D eigenvalue weighted by molar-refractivity contribution is 5.74. The molecule has 0 aliphatic heterocycles. The van der Waals surface area contributed by atoms with E-state index in [0.29, 0.717) is 19.4 Å². The number of carbonyl (C=O) groups is 1. The third kappa shape index (κ3) is 5.72. The van der Waals surface area contributed by atoms with E-state index >= 15 is 0 Å². The van der Waals surface area contributed by atoms with Crippen LogP contribution in [0.15, 0.2) is 12.4 Å². The minimum atomic E-state index is -4.16. The number of alkyl halides is 3. The fourth-order valence-electron chi connectivity index (χ4n) is 3.10. The number of halogens is 3. The molecule has 0 unspecified atom stereocenters. The second kappa shape index (κ2) is 8.39. The first kappa shape index (κ1) is 18.6. The number of hydrogen-bond donors (Lipinski definition) is 2. The van der Waals surface area contributed by atoms with Crippen LogP contribution in [0.1, 0.15) is 44.3 Å². The van der Waals surface area contributed by atoms with E-state index < -0.39 is 12.1 Å². The van der Waals surface area contributed by atoms with Gasteiger partial charge in [0.2, 0.25) is 0 Å². The molecule has 2 N–H and O–H groups in total. The number of nitrogens with one attached hydrogen (secondary N) is 2. The molecule has 2 atom stereocenters. The Kier molecular flexibility index (Phi) is 6.51. The summed E-state index contributed by atoms with van der Waals surface area (Å²) in [7, 11) is 0. The molecule has 0 spiro atoms. The summed E-state index contributed by atoms with van der Waals surface area (Å²) >= 11 is 0. The maximum atomic E-state index is 12.7. The lowest BCUT2D eigenvalue weighted by atomic mass is 9.85. The number of rotatable bonds is 6. The van der Waals surface area contributed by atoms with Crippen molar-refractivity contribution in [1.82, 2.24) is 20.2 Å². The average molecular weight is 346 g/mol. The van der Waals surface area contributed by atoms with Crippen molar-refractivity contribution in [2.75, 3.05) is 6.54 Å². The van der Waals surface area contributed by atoms with E-state index in [1.54, 1.807) is 6.20 Å². The minimum Gasteiger partial charge on any atom is -0.338 e. The average Bonchev–Trinajstić information content (AvgIpc) is 2.92. The standard InChI is InChI=1S/C16H25F3N4O/c1-12-20-8-10-23(12)9-3-2-7-21-15(24)22-14-6-4-5-13(11-14)16(17,18)19/h8,10,13-14H,2-7,9,11H2,1H3,(H2,21,22,24)/t13-,14+/m0/s1. The summed E-state index contributed by atoms with van der Waals surface area (Å²) in [4.78, 5) is 15.9. The molecule has 1 aromatic heterocycles. The van der Waals surface area contributed by atoms with Gasteiger partial charge in [-0.25, -0.2) is 9.78 Å². The van der Waals surface area contributed by atoms with Crippen LogP contribution in [0.5, 0.6) is 0 Å². The number of amides is 2. The van der Waals surface area contributed by atoms with Gasteiger partial charge in [0.1, 0.15) is 5.82 Å². The second-order valence-electron chi connectivity index (χ2n) is 6.38. The summed E-state index contributed by atoms with van der Waals surface area (Å²) in [5.41, 5.74) is 0. The van der Waals surface area contributed by atoms with Gasteiger partial charge in [0.05, 0.1) is 5.92 Å². The zero-order chi connectivity index (χ0) is 17.6. The fraction of sp³-hybridized carbons (Fsp3) is 0.750. The van der Waals surface area contributed by atoms with Gasteiger partial charge in [-0.2, -0.15) is 13.2 Å². The number of carbonyl (C=O) groups excluding carboxylic acids is 1. The van der Waals surface area contributed by atoms with Crippen LogP contribution in [-0.4, -0.2) is 34.3 Å². The second-order valence-corrected chi connectivity index (χ2v) is 6.38. The summed E-state index contributed by atoms with van der Waals surface area (Å²) < 4.78 is 40.3. The highest BCUT2D eigenvalue weighted by Crippen LogP contribution is 2.37. The third-order valence-corrected chi connectivity index (χ3v) is 4.51. The summed E-state index contributed by atoms with van der Waals surface area (Å²) in [5, 5.41) is 5.39. The molecule has 1 aliphatic carbocycles. The monoisotopic (exact) mass is 346 g/mol. The van der Waals surface area contributed by atoms with E-state index in [1.165, 1.54) is 0 Å². The quantitative estimate of drug-likeness (QED) is 0.776. The Labute approximate surface area is 140 Å². The van der Waals surface area contributed by atoms with Gasteiger partial charge in [-0.05, 0) is 39.0 Å². The number of nitrogens with zero attached hydrogens (tertiary/aromatic N) is 2. The van der Waals surface area contributed by atoms with E-state index in [-0.39, 0.29) is 24.9 Å². The van der Waals surface area contributed by atoms with Crippen LogP contribution in [0.2, 0.25) is 0 Å². The Morgan fingerprint density at radius 2 is 2.17 bits per heavy atom. The van der Waals surface area contributed by atoms with Gasteiger partial charge in [-0.1, -0.05) is 6.42 Å². The molecule has 1 aromatic rings. The lowest BCUT2D eigenvalue weighted by Crippen LogP contribution is -2.46. The summed E-state index contributed by atoms with van der Waals surface area (Å²) in [6.45, 7) is 3.28. The van der Waals surface area contributed by atoms with E-state index in [2.05, 4.69) is 15.6 Å². The topological polar surface area (TPSA) is 59.0 Å². The van der Waals surface area contributed by atoms with Crippen molar-refractivity contribution in [1.29, 1.82) is 0 Å².